The number of carbonyl (C=O) groups excluding carboxylic acids is 3. The fourth-order valence-electron chi connectivity index (χ4n) is 0.922. The van der Waals surface area contributed by atoms with E-state index in [-0.39, 0.29) is 58.3 Å². The summed E-state index contributed by atoms with van der Waals surface area (Å²) in [5, 5.41) is 26.2. The third-order valence-electron chi connectivity index (χ3n) is 1.95. The lowest BCUT2D eigenvalue weighted by molar-refractivity contribution is -0.136. The minimum Gasteiger partial charge on any atom is -0.481 e. The Labute approximate surface area is 170 Å². The molecule has 9 heteroatoms. The number of nitrogens with one attached hydrogen (secondary N) is 1. The highest BCUT2D eigenvalue weighted by atomic mass is 16.5. The van der Waals surface area contributed by atoms with Crippen LogP contribution in [0, 0.1) is 0 Å². The first-order valence-corrected chi connectivity index (χ1v) is 8.23. The molecule has 0 bridgehead atoms. The van der Waals surface area contributed by atoms with E-state index in [9.17, 15) is 19.2 Å². The largest absolute Gasteiger partial charge is 0.481 e. The number of carboxylic acid groups (broad SMARTS) is 1. The van der Waals surface area contributed by atoms with E-state index in [0.29, 0.717) is 13.0 Å². The van der Waals surface area contributed by atoms with Crippen LogP contribution in [0.25, 0.3) is 0 Å². The molecule has 0 aliphatic carbocycles. The van der Waals surface area contributed by atoms with Gasteiger partial charge in [-0.05, 0) is 27.7 Å². The molecule has 1 unspecified atom stereocenters. The highest BCUT2D eigenvalue weighted by molar-refractivity contribution is 5.84. The lowest BCUT2D eigenvalue weighted by Gasteiger charge is -2.00. The molecule has 0 aromatic rings. The van der Waals surface area contributed by atoms with Gasteiger partial charge in [0.1, 0.15) is 11.6 Å². The number of carbonyl (C=O) groups is 4. The first-order valence-electron chi connectivity index (χ1n) is 8.23. The van der Waals surface area contributed by atoms with E-state index >= 15 is 0 Å². The minimum absolute atomic E-state index is 0. The second-order valence-electron chi connectivity index (χ2n) is 5.04. The van der Waals surface area contributed by atoms with Gasteiger partial charge in [-0.25, -0.2) is 0 Å². The Hall–Kier alpha value is -1.84. The summed E-state index contributed by atoms with van der Waals surface area (Å²) in [5.74, 6) is -0.905. The summed E-state index contributed by atoms with van der Waals surface area (Å²) in [6.45, 7) is 8.53. The molecule has 0 fully saturated rings. The van der Waals surface area contributed by atoms with E-state index in [0.717, 1.165) is 0 Å². The molecule has 1 atom stereocenters. The monoisotopic (exact) mass is 413 g/mol. The maximum atomic E-state index is 10.8. The maximum Gasteiger partial charge on any atom is 0.303 e. The van der Waals surface area contributed by atoms with Crippen LogP contribution in [0.2, 0.25) is 0 Å². The first kappa shape index (κ1) is 40.7. The van der Waals surface area contributed by atoms with E-state index in [4.69, 9.17) is 15.3 Å². The third kappa shape index (κ3) is 74.8. The Bertz CT molecular complexity index is 371. The van der Waals surface area contributed by atoms with Crippen molar-refractivity contribution in [1.82, 2.24) is 5.32 Å². The molecule has 0 spiro atoms. The van der Waals surface area contributed by atoms with Gasteiger partial charge in [-0.3, -0.25) is 19.2 Å². The molecule has 0 rings (SSSR count). The third-order valence-corrected chi connectivity index (χ3v) is 1.95. The van der Waals surface area contributed by atoms with E-state index in [2.05, 4.69) is 10.1 Å². The van der Waals surface area contributed by atoms with Gasteiger partial charge in [-0.2, -0.15) is 0 Å². The Morgan fingerprint density at radius 2 is 1.43 bits per heavy atom. The number of ketones is 2. The molecule has 1 amide bonds. The van der Waals surface area contributed by atoms with Crippen molar-refractivity contribution >= 4 is 23.4 Å². The molecule has 0 aromatic heterocycles. The first-order chi connectivity index (χ1) is 12.0. The number of aliphatic hydroxyl groups excluding tert-OH is 2. The summed E-state index contributed by atoms with van der Waals surface area (Å²) in [7, 11) is 1.53. The number of aliphatic hydroxyl groups is 2. The van der Waals surface area contributed by atoms with Crippen molar-refractivity contribution < 1.29 is 39.2 Å². The smallest absolute Gasteiger partial charge is 0.303 e. The van der Waals surface area contributed by atoms with Crippen molar-refractivity contribution in [3.63, 3.8) is 0 Å². The van der Waals surface area contributed by atoms with Crippen molar-refractivity contribution in [1.29, 1.82) is 0 Å². The maximum absolute atomic E-state index is 10.8. The number of aliphatic carboxylic acids is 1. The molecular formula is C19H43NO8. The standard InChI is InChI=1S/C7H13NO3.C5H10O2.C3H6O2.C2H6O.2CH4/c1-6(9)5-8-7(10)3-4-11-2;1-4(6)3-5(2)7;1-2-3(4)5;1-2-3;;/h3-5H2,1-2H3,(H,8,10);4,6H,3H2,1-2H3;2H2,1H3,(H,4,5);3H,2H2,1H3;2*1H4. The highest BCUT2D eigenvalue weighted by Gasteiger charge is 2.00. The molecule has 0 aromatic carbocycles. The van der Waals surface area contributed by atoms with E-state index < -0.39 is 12.1 Å². The topological polar surface area (TPSA) is 150 Å². The number of rotatable bonds is 8. The molecule has 0 aliphatic heterocycles. The average molecular weight is 414 g/mol. The summed E-state index contributed by atoms with van der Waals surface area (Å²) in [6, 6.07) is 0. The zero-order valence-electron chi connectivity index (χ0n) is 16.7. The lowest BCUT2D eigenvalue weighted by atomic mass is 10.2. The van der Waals surface area contributed by atoms with Crippen molar-refractivity contribution in [3.05, 3.63) is 0 Å². The SMILES string of the molecule is C.C.CC(=O)CC(C)O.CCC(=O)O.CCO.COCCC(=O)NCC(C)=O. The van der Waals surface area contributed by atoms with Crippen LogP contribution in [0.1, 0.15) is 68.7 Å². The van der Waals surface area contributed by atoms with Gasteiger partial charge >= 0.3 is 5.97 Å². The molecule has 172 valence electrons. The van der Waals surface area contributed by atoms with Gasteiger partial charge in [0.05, 0.1) is 19.3 Å². The zero-order valence-corrected chi connectivity index (χ0v) is 16.7. The van der Waals surface area contributed by atoms with Gasteiger partial charge in [0, 0.05) is 33.0 Å². The molecule has 0 saturated carbocycles. The Morgan fingerprint density at radius 1 is 1.04 bits per heavy atom. The average Bonchev–Trinajstić information content (AvgIpc) is 2.51. The van der Waals surface area contributed by atoms with Crippen LogP contribution < -0.4 is 5.32 Å². The number of methoxy groups -OCH3 is 1. The normalized spacial score (nSPS) is 9.00. The number of hydrogen-bond acceptors (Lipinski definition) is 7. The van der Waals surface area contributed by atoms with Gasteiger partial charge in [0.2, 0.25) is 5.91 Å². The zero-order chi connectivity index (χ0) is 21.5. The van der Waals surface area contributed by atoms with Crippen molar-refractivity contribution in [2.24, 2.45) is 0 Å². The van der Waals surface area contributed by atoms with Crippen LogP contribution in [0.5, 0.6) is 0 Å². The van der Waals surface area contributed by atoms with Gasteiger partial charge in [-0.15, -0.1) is 0 Å². The van der Waals surface area contributed by atoms with E-state index in [1.165, 1.54) is 21.0 Å². The van der Waals surface area contributed by atoms with Crippen molar-refractivity contribution in [2.75, 3.05) is 26.9 Å². The second-order valence-corrected chi connectivity index (χ2v) is 5.04. The summed E-state index contributed by atoms with van der Waals surface area (Å²) < 4.78 is 4.67. The fourth-order valence-corrected chi connectivity index (χ4v) is 0.922. The number of ether oxygens (including phenoxy) is 1. The molecule has 0 radical (unpaired) electrons. The van der Waals surface area contributed by atoms with Crippen LogP contribution in [-0.2, 0) is 23.9 Å². The van der Waals surface area contributed by atoms with Crippen molar-refractivity contribution in [3.8, 4) is 0 Å². The molecule has 4 N–H and O–H groups in total. The summed E-state index contributed by atoms with van der Waals surface area (Å²) in [6.07, 6.45) is 0.335. The highest BCUT2D eigenvalue weighted by Crippen LogP contribution is 1.87. The van der Waals surface area contributed by atoms with Gasteiger partial charge < -0.3 is 25.4 Å². The molecule has 0 heterocycles. The van der Waals surface area contributed by atoms with Crippen LogP contribution in [0.15, 0.2) is 0 Å². The Kier molecular flexibility index (Phi) is 47.7. The molecule has 9 nitrogen and oxygen atoms in total. The van der Waals surface area contributed by atoms with E-state index in [1.54, 1.807) is 20.8 Å². The quantitative estimate of drug-likeness (QED) is 0.470. The van der Waals surface area contributed by atoms with Gasteiger partial charge in [0.25, 0.3) is 0 Å². The van der Waals surface area contributed by atoms with Gasteiger partial charge in [-0.1, -0.05) is 21.8 Å². The second kappa shape index (κ2) is 32.8. The predicted octanol–water partition coefficient (Wildman–Crippen LogP) is 1.83. The molecule has 0 saturated heterocycles. The predicted molar refractivity (Wildman–Crippen MR) is 111 cm³/mol. The summed E-state index contributed by atoms with van der Waals surface area (Å²) in [5.41, 5.74) is 0. The molecular weight excluding hydrogens is 370 g/mol. The van der Waals surface area contributed by atoms with Crippen LogP contribution in [0.4, 0.5) is 0 Å². The van der Waals surface area contributed by atoms with E-state index in [1.807, 2.05) is 0 Å². The Balaban J connectivity index is -0.0000000620. The minimum atomic E-state index is -0.745. The van der Waals surface area contributed by atoms with Crippen LogP contribution in [-0.4, -0.2) is 71.7 Å². The molecule has 0 aliphatic rings. The fraction of sp³-hybridized carbons (Fsp3) is 0.789. The lowest BCUT2D eigenvalue weighted by Crippen LogP contribution is -2.28. The summed E-state index contributed by atoms with van der Waals surface area (Å²) in [4.78, 5) is 40.6. The summed E-state index contributed by atoms with van der Waals surface area (Å²) >= 11 is 0. The van der Waals surface area contributed by atoms with Gasteiger partial charge in [0.15, 0.2) is 0 Å². The number of carboxylic acids is 1. The number of amides is 1. The Morgan fingerprint density at radius 3 is 1.61 bits per heavy atom. The molecule has 28 heavy (non-hydrogen) atoms. The number of Topliss-reactive ketones (excluding diaryl/α,β-unsaturated/α-hetero) is 2. The van der Waals surface area contributed by atoms with Crippen LogP contribution in [0.3, 0.4) is 0 Å². The number of hydrogen-bond donors (Lipinski definition) is 4. The van der Waals surface area contributed by atoms with Crippen molar-refractivity contribution in [2.45, 2.75) is 74.8 Å². The van der Waals surface area contributed by atoms with Crippen LogP contribution >= 0.6 is 0 Å².